The highest BCUT2D eigenvalue weighted by Crippen LogP contribution is 2.26. The van der Waals surface area contributed by atoms with E-state index in [1.165, 1.54) is 0 Å². The van der Waals surface area contributed by atoms with Gasteiger partial charge >= 0.3 is 0 Å². The SMILES string of the molecule is OCC1NOc2cn[nH]c21. The van der Waals surface area contributed by atoms with E-state index in [2.05, 4.69) is 15.7 Å². The van der Waals surface area contributed by atoms with E-state index >= 15 is 0 Å². The van der Waals surface area contributed by atoms with Gasteiger partial charge in [-0.25, -0.2) is 0 Å². The maximum Gasteiger partial charge on any atom is 0.189 e. The summed E-state index contributed by atoms with van der Waals surface area (Å²) in [6, 6.07) is -0.155. The minimum Gasteiger partial charge on any atom is -0.404 e. The highest BCUT2D eigenvalue weighted by molar-refractivity contribution is 5.29. The first kappa shape index (κ1) is 5.70. The molecule has 0 aromatic carbocycles. The van der Waals surface area contributed by atoms with Gasteiger partial charge < -0.3 is 9.94 Å². The molecular weight excluding hydrogens is 134 g/mol. The number of fused-ring (bicyclic) bond motifs is 1. The van der Waals surface area contributed by atoms with Gasteiger partial charge in [-0.3, -0.25) is 5.10 Å². The van der Waals surface area contributed by atoms with Crippen LogP contribution in [0, 0.1) is 0 Å². The van der Waals surface area contributed by atoms with Gasteiger partial charge in [-0.15, -0.1) is 5.48 Å². The van der Waals surface area contributed by atoms with Crippen LogP contribution in [-0.2, 0) is 0 Å². The van der Waals surface area contributed by atoms with Gasteiger partial charge in [-0.1, -0.05) is 0 Å². The van der Waals surface area contributed by atoms with Gasteiger partial charge in [0.25, 0.3) is 0 Å². The van der Waals surface area contributed by atoms with E-state index in [4.69, 9.17) is 9.94 Å². The standard InChI is InChI=1S/C5H7N3O2/c9-2-3-5-4(10-8-3)1-6-7-5/h1,3,8-9H,2H2,(H,6,7). The van der Waals surface area contributed by atoms with Gasteiger partial charge in [0.1, 0.15) is 11.7 Å². The zero-order valence-corrected chi connectivity index (χ0v) is 5.16. The van der Waals surface area contributed by atoms with E-state index in [0.717, 1.165) is 5.69 Å². The van der Waals surface area contributed by atoms with Crippen molar-refractivity contribution in [3.05, 3.63) is 11.9 Å². The summed E-state index contributed by atoms with van der Waals surface area (Å²) in [4.78, 5) is 4.94. The van der Waals surface area contributed by atoms with Crippen LogP contribution in [-0.4, -0.2) is 21.9 Å². The normalized spacial score (nSPS) is 22.3. The van der Waals surface area contributed by atoms with Crippen molar-refractivity contribution in [1.29, 1.82) is 0 Å². The molecule has 1 aliphatic rings. The quantitative estimate of drug-likeness (QED) is 0.485. The third-order valence-corrected chi connectivity index (χ3v) is 1.47. The molecule has 5 nitrogen and oxygen atoms in total. The molecule has 0 radical (unpaired) electrons. The molecule has 0 spiro atoms. The minimum absolute atomic E-state index is 0.00912. The van der Waals surface area contributed by atoms with Gasteiger partial charge in [-0.05, 0) is 0 Å². The number of aromatic nitrogens is 2. The van der Waals surface area contributed by atoms with Gasteiger partial charge in [-0.2, -0.15) is 5.10 Å². The van der Waals surface area contributed by atoms with Crippen LogP contribution < -0.4 is 10.3 Å². The lowest BCUT2D eigenvalue weighted by Gasteiger charge is -2.01. The van der Waals surface area contributed by atoms with E-state index in [0.29, 0.717) is 5.75 Å². The Balaban J connectivity index is 2.34. The Bertz CT molecular complexity index is 235. The summed E-state index contributed by atoms with van der Waals surface area (Å²) in [7, 11) is 0. The zero-order chi connectivity index (χ0) is 6.97. The summed E-state index contributed by atoms with van der Waals surface area (Å²) in [5.41, 5.74) is 3.44. The molecule has 0 saturated heterocycles. The van der Waals surface area contributed by atoms with Gasteiger partial charge in [0, 0.05) is 0 Å². The monoisotopic (exact) mass is 141 g/mol. The fourth-order valence-electron chi connectivity index (χ4n) is 0.938. The molecule has 0 saturated carbocycles. The number of hydrogen-bond donors (Lipinski definition) is 3. The molecule has 0 amide bonds. The number of nitrogens with one attached hydrogen (secondary N) is 2. The maximum atomic E-state index is 8.74. The molecule has 1 aromatic rings. The number of rotatable bonds is 1. The van der Waals surface area contributed by atoms with Crippen molar-refractivity contribution in [3.8, 4) is 5.75 Å². The average Bonchev–Trinajstić information content (AvgIpc) is 2.44. The molecule has 0 bridgehead atoms. The fraction of sp³-hybridized carbons (Fsp3) is 0.400. The van der Waals surface area contributed by atoms with Crippen molar-refractivity contribution >= 4 is 0 Å². The Kier molecular flexibility index (Phi) is 1.12. The number of aliphatic hydroxyl groups excluding tert-OH is 1. The fourth-order valence-corrected chi connectivity index (χ4v) is 0.938. The summed E-state index contributed by atoms with van der Waals surface area (Å²) in [6.45, 7) is 0.00912. The van der Waals surface area contributed by atoms with Crippen LogP contribution in [0.2, 0.25) is 0 Å². The number of hydrogen-bond acceptors (Lipinski definition) is 4. The smallest absolute Gasteiger partial charge is 0.189 e. The van der Waals surface area contributed by atoms with Crippen molar-refractivity contribution in [2.24, 2.45) is 0 Å². The molecule has 54 valence electrons. The summed E-state index contributed by atoms with van der Waals surface area (Å²) in [5, 5.41) is 15.2. The van der Waals surface area contributed by atoms with E-state index in [1.54, 1.807) is 6.20 Å². The van der Waals surface area contributed by atoms with Crippen LogP contribution in [0.25, 0.3) is 0 Å². The van der Waals surface area contributed by atoms with Crippen molar-refractivity contribution in [1.82, 2.24) is 15.7 Å². The largest absolute Gasteiger partial charge is 0.404 e. The molecule has 1 aromatic heterocycles. The Labute approximate surface area is 57.0 Å². The molecule has 1 aliphatic heterocycles. The molecule has 2 heterocycles. The number of aromatic amines is 1. The molecular formula is C5H7N3O2. The number of aliphatic hydroxyl groups is 1. The molecule has 1 atom stereocenters. The molecule has 0 fully saturated rings. The molecule has 0 aliphatic carbocycles. The third kappa shape index (κ3) is 0.614. The second-order valence-corrected chi connectivity index (χ2v) is 2.10. The first-order valence-corrected chi connectivity index (χ1v) is 2.98. The van der Waals surface area contributed by atoms with Crippen LogP contribution in [0.3, 0.4) is 0 Å². The third-order valence-electron chi connectivity index (χ3n) is 1.47. The average molecular weight is 141 g/mol. The first-order valence-electron chi connectivity index (χ1n) is 2.98. The van der Waals surface area contributed by atoms with Crippen LogP contribution in [0.15, 0.2) is 6.20 Å². The van der Waals surface area contributed by atoms with Crippen molar-refractivity contribution in [2.45, 2.75) is 6.04 Å². The van der Waals surface area contributed by atoms with Crippen LogP contribution in [0.4, 0.5) is 0 Å². The minimum atomic E-state index is -0.155. The highest BCUT2D eigenvalue weighted by atomic mass is 16.7. The van der Waals surface area contributed by atoms with Crippen LogP contribution in [0.1, 0.15) is 11.7 Å². The first-order chi connectivity index (χ1) is 4.92. The second kappa shape index (κ2) is 1.96. The van der Waals surface area contributed by atoms with Crippen LogP contribution >= 0.6 is 0 Å². The molecule has 3 N–H and O–H groups in total. The molecule has 2 rings (SSSR count). The van der Waals surface area contributed by atoms with Gasteiger partial charge in [0.2, 0.25) is 0 Å². The van der Waals surface area contributed by atoms with E-state index in [1.807, 2.05) is 0 Å². The summed E-state index contributed by atoms with van der Waals surface area (Å²) in [5.74, 6) is 0.666. The lowest BCUT2D eigenvalue weighted by atomic mass is 10.2. The van der Waals surface area contributed by atoms with Gasteiger partial charge in [0.15, 0.2) is 5.75 Å². The Morgan fingerprint density at radius 1 is 1.80 bits per heavy atom. The predicted molar refractivity (Wildman–Crippen MR) is 32.2 cm³/mol. The lowest BCUT2D eigenvalue weighted by molar-refractivity contribution is 0.144. The molecule has 10 heavy (non-hydrogen) atoms. The van der Waals surface area contributed by atoms with E-state index < -0.39 is 0 Å². The summed E-state index contributed by atoms with van der Waals surface area (Å²) < 4.78 is 0. The summed E-state index contributed by atoms with van der Waals surface area (Å²) >= 11 is 0. The van der Waals surface area contributed by atoms with Gasteiger partial charge in [0.05, 0.1) is 12.8 Å². The number of nitrogens with zero attached hydrogens (tertiary/aromatic N) is 1. The Hall–Kier alpha value is -1.07. The zero-order valence-electron chi connectivity index (χ0n) is 5.16. The van der Waals surface area contributed by atoms with Crippen molar-refractivity contribution in [2.75, 3.05) is 6.61 Å². The topological polar surface area (TPSA) is 70.2 Å². The molecule has 1 unspecified atom stereocenters. The van der Waals surface area contributed by atoms with Crippen LogP contribution in [0.5, 0.6) is 5.75 Å². The Morgan fingerprint density at radius 2 is 2.70 bits per heavy atom. The number of hydroxylamine groups is 1. The maximum absolute atomic E-state index is 8.74. The molecule has 5 heteroatoms. The lowest BCUT2D eigenvalue weighted by Crippen LogP contribution is -2.20. The van der Waals surface area contributed by atoms with E-state index in [-0.39, 0.29) is 12.6 Å². The summed E-state index contributed by atoms with van der Waals surface area (Å²) in [6.07, 6.45) is 1.57. The predicted octanol–water partition coefficient (Wildman–Crippen LogP) is -0.660. The van der Waals surface area contributed by atoms with Crippen molar-refractivity contribution in [3.63, 3.8) is 0 Å². The highest BCUT2D eigenvalue weighted by Gasteiger charge is 2.24. The van der Waals surface area contributed by atoms with Crippen molar-refractivity contribution < 1.29 is 9.94 Å². The van der Waals surface area contributed by atoms with E-state index in [9.17, 15) is 0 Å². The number of H-pyrrole nitrogens is 1. The Morgan fingerprint density at radius 3 is 3.50 bits per heavy atom. The second-order valence-electron chi connectivity index (χ2n) is 2.10.